The average Bonchev–Trinajstić information content (AvgIpc) is 2.96. The van der Waals surface area contributed by atoms with Crippen LogP contribution in [0.3, 0.4) is 0 Å². The Hall–Kier alpha value is -2.51. The van der Waals surface area contributed by atoms with E-state index in [0.29, 0.717) is 9.54 Å². The van der Waals surface area contributed by atoms with Crippen LogP contribution in [0.15, 0.2) is 71.1 Å². The number of nitrogens with zero attached hydrogens (tertiary/aromatic N) is 1. The summed E-state index contributed by atoms with van der Waals surface area (Å²) in [6.45, 7) is 4.86. The Balaban J connectivity index is -0.000000845. The number of aryl methyl sites for hydroxylation is 1. The molecule has 0 atom stereocenters. The molecule has 2 aromatic rings. The zero-order valence-corrected chi connectivity index (χ0v) is 31.5. The minimum Gasteiger partial charge on any atom is -0.741 e. The van der Waals surface area contributed by atoms with Crippen LogP contribution < -0.4 is 5.11 Å². The Labute approximate surface area is 339 Å². The first kappa shape index (κ1) is 55.8. The Morgan fingerprint density at radius 2 is 1.00 bits per heavy atom. The van der Waals surface area contributed by atoms with Crippen molar-refractivity contribution in [3.63, 3.8) is 0 Å². The fraction of sp³-hybridized carbons (Fsp3) is 0.333. The second-order valence-corrected chi connectivity index (χ2v) is 14.6. The predicted molar refractivity (Wildman–Crippen MR) is 153 cm³/mol. The Kier molecular flexibility index (Phi) is 23.0. The molecule has 0 fully saturated rings. The summed E-state index contributed by atoms with van der Waals surface area (Å²) in [5, 5.41) is 12.5. The molecule has 0 amide bonds. The number of hydrogen-bond acceptors (Lipinski definition) is 15. The number of esters is 1. The molecule has 0 aliphatic heterocycles. The minimum atomic E-state index is -6.09. The molecule has 0 bridgehead atoms. The second kappa shape index (κ2) is 22.3. The number of carbonyl (C=O) groups is 1. The first-order valence-electron chi connectivity index (χ1n) is 12.8. The monoisotopic (exact) mass is 1040 g/mol. The van der Waals surface area contributed by atoms with Gasteiger partial charge in [0, 0.05) is 5.56 Å². The number of halogens is 9. The van der Waals surface area contributed by atoms with Gasteiger partial charge in [0.2, 0.25) is 0 Å². The van der Waals surface area contributed by atoms with Crippen molar-refractivity contribution >= 4 is 52.6 Å². The van der Waals surface area contributed by atoms with Gasteiger partial charge in [-0.1, -0.05) is 46.8 Å². The standard InChI is InChI=1S/C21H23NO6S.3CHF3O3S.Yb/c1-4-27-20(23)19(21(24)28-5-2)22(15-17-9-7-6-8-10-17)29(25,26)18-13-11-16(3)12-14-18;3*2-1(3,4)8(5,6)7;/h6-15H,4-5H2,1-3H3;3*(H,5,6,7);/q;;;;+3/p-3/b22-15-;;;;. The van der Waals surface area contributed by atoms with Crippen LogP contribution in [-0.2, 0) is 54.6 Å². The molecule has 2 rings (SSSR count). The molecule has 1 radical (unpaired) electrons. The van der Waals surface area contributed by atoms with Gasteiger partial charge in [-0.05, 0) is 44.7 Å². The molecule has 0 N–H and O–H groups in total. The van der Waals surface area contributed by atoms with Crippen LogP contribution in [0.4, 0.5) is 39.5 Å². The minimum absolute atomic E-state index is 0. The number of ether oxygens (including phenoxy) is 2. The van der Waals surface area contributed by atoms with E-state index in [0.717, 1.165) is 5.56 Å². The zero-order chi connectivity index (χ0) is 42.4. The van der Waals surface area contributed by atoms with Gasteiger partial charge >= 0.3 is 85.1 Å². The van der Waals surface area contributed by atoms with E-state index < -0.39 is 74.5 Å². The van der Waals surface area contributed by atoms with Gasteiger partial charge in [-0.3, -0.25) is 0 Å². The quantitative estimate of drug-likeness (QED) is 0.0536. The zero-order valence-electron chi connectivity index (χ0n) is 26.6. The molecule has 315 valence electrons. The maximum absolute atomic E-state index is 13.4. The largest absolute Gasteiger partial charge is 3.00 e. The van der Waals surface area contributed by atoms with Crippen LogP contribution in [0.2, 0.25) is 0 Å². The molecule has 54 heavy (non-hydrogen) atoms. The molecule has 0 aliphatic rings. The maximum Gasteiger partial charge on any atom is 3.00 e. The predicted octanol–water partition coefficient (Wildman–Crippen LogP) is 2.10. The van der Waals surface area contributed by atoms with Crippen LogP contribution in [0.25, 0.3) is 0 Å². The van der Waals surface area contributed by atoms with Crippen LogP contribution in [0.1, 0.15) is 25.0 Å². The second-order valence-electron chi connectivity index (χ2n) is 8.64. The third kappa shape index (κ3) is 19.9. The van der Waals surface area contributed by atoms with Gasteiger partial charge in [0.05, 0.1) is 6.61 Å². The molecule has 0 aromatic heterocycles. The number of benzene rings is 2. The summed E-state index contributed by atoms with van der Waals surface area (Å²) in [5.74, 6) is -2.18. The van der Waals surface area contributed by atoms with Crippen molar-refractivity contribution in [3.05, 3.63) is 77.4 Å². The summed E-state index contributed by atoms with van der Waals surface area (Å²) in [6, 6.07) is 14.5. The molecule has 2 aromatic carbocycles. The first-order chi connectivity index (χ1) is 23.6. The van der Waals surface area contributed by atoms with Crippen molar-refractivity contribution in [2.75, 3.05) is 13.2 Å². The molecule has 16 nitrogen and oxygen atoms in total. The van der Waals surface area contributed by atoms with Gasteiger partial charge in [0.25, 0.3) is 0 Å². The van der Waals surface area contributed by atoms with Crippen LogP contribution in [0.5, 0.6) is 0 Å². The Morgan fingerprint density at radius 1 is 0.667 bits per heavy atom. The molecule has 0 unspecified atom stereocenters. The van der Waals surface area contributed by atoms with E-state index in [4.69, 9.17) is 48.4 Å². The number of hydrogen-bond donors (Lipinski definition) is 0. The summed E-state index contributed by atoms with van der Waals surface area (Å²) < 4.78 is 214. The van der Waals surface area contributed by atoms with Crippen molar-refractivity contribution in [3.8, 4) is 0 Å². The fourth-order valence-corrected chi connectivity index (χ4v) is 3.77. The SMILES string of the molecule is CCOC(=O)C(=C(\[O-])OCC)/[N+](=C/c1ccccc1)S(=O)(=O)c1ccc(C)cc1.O=S(=O)([O-])C(F)(F)F.O=S(=O)([O-])C(F)(F)F.O=S(=O)([O-])C(F)(F)F.[Yb+3]. The topological polar surface area (TPSA) is 267 Å². The summed E-state index contributed by atoms with van der Waals surface area (Å²) in [5.41, 5.74) is -16.3. The number of alkyl halides is 9. The van der Waals surface area contributed by atoms with Crippen molar-refractivity contribution in [2.24, 2.45) is 0 Å². The molecule has 0 heterocycles. The average molecular weight is 1040 g/mol. The van der Waals surface area contributed by atoms with Crippen molar-refractivity contribution in [2.45, 2.75) is 42.2 Å². The normalized spacial score (nSPS) is 13.1. The van der Waals surface area contributed by atoms with Gasteiger partial charge in [-0.25, -0.2) is 30.0 Å². The number of carbonyl (C=O) groups excluding carboxylic acids is 1. The summed E-state index contributed by atoms with van der Waals surface area (Å²) in [4.78, 5) is 12.5. The van der Waals surface area contributed by atoms with E-state index in [1.807, 2.05) is 6.92 Å². The number of sulfonamides is 1. The van der Waals surface area contributed by atoms with E-state index in [9.17, 15) is 57.8 Å². The van der Waals surface area contributed by atoms with Gasteiger partial charge in [-0.15, -0.1) is 0 Å². The molecule has 0 saturated heterocycles. The van der Waals surface area contributed by atoms with Crippen LogP contribution in [0, 0.1) is 53.8 Å². The molecular weight excluding hydrogens is 1010 g/mol. The van der Waals surface area contributed by atoms with Crippen molar-refractivity contribution in [1.29, 1.82) is 0 Å². The van der Waals surface area contributed by atoms with E-state index in [1.54, 1.807) is 56.3 Å². The molecule has 30 heteroatoms. The summed E-state index contributed by atoms with van der Waals surface area (Å²) in [7, 11) is -22.6. The van der Waals surface area contributed by atoms with Gasteiger partial charge in [-0.2, -0.15) is 47.9 Å². The molecule has 0 aliphatic carbocycles. The molecular formula is C24H23F9NO15S4Yb. The fourth-order valence-electron chi connectivity index (χ4n) is 2.41. The van der Waals surface area contributed by atoms with Crippen molar-refractivity contribution in [1.82, 2.24) is 0 Å². The van der Waals surface area contributed by atoms with E-state index >= 15 is 0 Å². The van der Waals surface area contributed by atoms with Crippen LogP contribution >= 0.6 is 0 Å². The van der Waals surface area contributed by atoms with E-state index in [-0.39, 0.29) is 65.0 Å². The third-order valence-electron chi connectivity index (χ3n) is 4.65. The third-order valence-corrected chi connectivity index (χ3v) is 8.03. The van der Waals surface area contributed by atoms with E-state index in [1.165, 1.54) is 18.3 Å². The van der Waals surface area contributed by atoms with Crippen molar-refractivity contribution < 1.29 is 157 Å². The Morgan fingerprint density at radius 3 is 1.30 bits per heavy atom. The molecule has 0 spiro atoms. The van der Waals surface area contributed by atoms with Crippen LogP contribution in [-0.4, -0.2) is 93.2 Å². The summed E-state index contributed by atoms with van der Waals surface area (Å²) in [6.07, 6.45) is 1.19. The van der Waals surface area contributed by atoms with Gasteiger partial charge in [0.1, 0.15) is 10.8 Å². The van der Waals surface area contributed by atoms with Gasteiger partial charge < -0.3 is 28.2 Å². The summed E-state index contributed by atoms with van der Waals surface area (Å²) >= 11 is 0. The van der Waals surface area contributed by atoms with E-state index in [2.05, 4.69) is 0 Å². The maximum atomic E-state index is 13.4. The van der Waals surface area contributed by atoms with Gasteiger partial charge in [0.15, 0.2) is 36.6 Å². The first-order valence-corrected chi connectivity index (χ1v) is 18.5. The smallest absolute Gasteiger partial charge is 0.741 e. The molecule has 0 saturated carbocycles. The Bertz CT molecular complexity index is 1920. The number of rotatable bonds is 8.